The molecule has 0 bridgehead atoms. The molecule has 1 aromatic carbocycles. The predicted molar refractivity (Wildman–Crippen MR) is 119 cm³/mol. The fourth-order valence-corrected chi connectivity index (χ4v) is 3.80. The third-order valence-electron chi connectivity index (χ3n) is 5.42. The smallest absolute Gasteiger partial charge is 0.378 e. The Balaban J connectivity index is 1.63. The summed E-state index contributed by atoms with van der Waals surface area (Å²) in [6.45, 7) is 2.15. The second-order valence-electron chi connectivity index (χ2n) is 7.65. The maximum atomic E-state index is 13.6. The molecule has 0 saturated carbocycles. The predicted octanol–water partition coefficient (Wildman–Crippen LogP) is 3.90. The lowest BCUT2D eigenvalue weighted by Gasteiger charge is -2.27. The van der Waals surface area contributed by atoms with E-state index in [9.17, 15) is 18.0 Å². The van der Waals surface area contributed by atoms with Gasteiger partial charge in [0.25, 0.3) is 5.91 Å². The van der Waals surface area contributed by atoms with E-state index in [1.165, 1.54) is 35.1 Å². The van der Waals surface area contributed by atoms with Gasteiger partial charge in [-0.05, 0) is 24.3 Å². The Hall–Kier alpha value is -3.99. The minimum absolute atomic E-state index is 0.0648. The standard InChI is InChI=1S/C23H19F3N6O2/c24-23(25,26)18-6-2-1-5-16(18)19-14-32-21(29-19)17(22(33)28-15-4-3-7-27-13-15)12-20(30-32)31-8-10-34-11-9-31/h1-7,12-14H,8-11H2,(H,28,33). The second kappa shape index (κ2) is 8.75. The quantitative estimate of drug-likeness (QED) is 0.489. The van der Waals surface area contributed by atoms with Crippen LogP contribution in [0.5, 0.6) is 0 Å². The van der Waals surface area contributed by atoms with E-state index in [4.69, 9.17) is 4.74 Å². The number of morpholine rings is 1. The lowest BCUT2D eigenvalue weighted by atomic mass is 10.1. The van der Waals surface area contributed by atoms with Gasteiger partial charge in [0.1, 0.15) is 0 Å². The lowest BCUT2D eigenvalue weighted by Crippen LogP contribution is -2.37. The number of nitrogens with zero attached hydrogens (tertiary/aromatic N) is 5. The number of halogens is 3. The molecule has 1 aliphatic heterocycles. The van der Waals surface area contributed by atoms with Gasteiger partial charge in [-0.3, -0.25) is 9.78 Å². The van der Waals surface area contributed by atoms with Gasteiger partial charge in [0, 0.05) is 24.8 Å². The first-order valence-corrected chi connectivity index (χ1v) is 10.5. The average molecular weight is 468 g/mol. The lowest BCUT2D eigenvalue weighted by molar-refractivity contribution is -0.137. The summed E-state index contributed by atoms with van der Waals surface area (Å²) in [5.41, 5.74) is -0.0405. The molecule has 1 N–H and O–H groups in total. The van der Waals surface area contributed by atoms with E-state index in [2.05, 4.69) is 20.4 Å². The van der Waals surface area contributed by atoms with Crippen LogP contribution >= 0.6 is 0 Å². The van der Waals surface area contributed by atoms with Crippen molar-refractivity contribution >= 4 is 23.1 Å². The summed E-state index contributed by atoms with van der Waals surface area (Å²) in [6.07, 6.45) is -0.0739. The molecule has 0 spiro atoms. The average Bonchev–Trinajstić information content (AvgIpc) is 3.28. The van der Waals surface area contributed by atoms with Crippen LogP contribution in [0, 0.1) is 0 Å². The van der Waals surface area contributed by atoms with Crippen molar-refractivity contribution in [2.45, 2.75) is 6.18 Å². The number of rotatable bonds is 4. The molecule has 1 amide bonds. The van der Waals surface area contributed by atoms with Crippen LogP contribution in [0.4, 0.5) is 24.7 Å². The molecule has 0 atom stereocenters. The summed E-state index contributed by atoms with van der Waals surface area (Å²) in [4.78, 5) is 23.5. The number of pyridine rings is 1. The summed E-state index contributed by atoms with van der Waals surface area (Å²) in [6, 6.07) is 10.1. The van der Waals surface area contributed by atoms with Crippen molar-refractivity contribution in [2.24, 2.45) is 0 Å². The number of fused-ring (bicyclic) bond motifs is 1. The van der Waals surface area contributed by atoms with Crippen LogP contribution in [0.15, 0.2) is 61.1 Å². The zero-order valence-corrected chi connectivity index (χ0v) is 17.8. The molecule has 5 rings (SSSR count). The molecule has 4 aromatic rings. The Labute approximate surface area is 192 Å². The Morgan fingerprint density at radius 3 is 2.62 bits per heavy atom. The van der Waals surface area contributed by atoms with E-state index in [0.29, 0.717) is 37.8 Å². The molecule has 1 fully saturated rings. The molecular weight excluding hydrogens is 449 g/mol. The Morgan fingerprint density at radius 1 is 1.09 bits per heavy atom. The first-order chi connectivity index (χ1) is 16.4. The maximum absolute atomic E-state index is 13.6. The highest BCUT2D eigenvalue weighted by Gasteiger charge is 2.34. The maximum Gasteiger partial charge on any atom is 0.417 e. The summed E-state index contributed by atoms with van der Waals surface area (Å²) >= 11 is 0. The summed E-state index contributed by atoms with van der Waals surface area (Å²) < 4.78 is 47.6. The second-order valence-corrected chi connectivity index (χ2v) is 7.65. The van der Waals surface area contributed by atoms with Gasteiger partial charge in [0.15, 0.2) is 11.5 Å². The van der Waals surface area contributed by atoms with E-state index < -0.39 is 17.6 Å². The van der Waals surface area contributed by atoms with Crippen LogP contribution in [-0.4, -0.2) is 51.8 Å². The fraction of sp³-hybridized carbons (Fsp3) is 0.217. The van der Waals surface area contributed by atoms with Crippen molar-refractivity contribution in [1.82, 2.24) is 19.6 Å². The Kier molecular flexibility index (Phi) is 5.62. The first kappa shape index (κ1) is 21.8. The number of nitrogens with one attached hydrogen (secondary N) is 1. The van der Waals surface area contributed by atoms with Crippen LogP contribution in [0.3, 0.4) is 0 Å². The molecule has 3 aromatic heterocycles. The number of benzene rings is 1. The van der Waals surface area contributed by atoms with Crippen molar-refractivity contribution < 1.29 is 22.7 Å². The van der Waals surface area contributed by atoms with Gasteiger partial charge in [-0.1, -0.05) is 18.2 Å². The van der Waals surface area contributed by atoms with Gasteiger partial charge in [-0.2, -0.15) is 13.2 Å². The van der Waals surface area contributed by atoms with Crippen LogP contribution in [0.2, 0.25) is 0 Å². The number of carbonyl (C=O) groups is 1. The van der Waals surface area contributed by atoms with E-state index in [-0.39, 0.29) is 22.5 Å². The molecule has 11 heteroatoms. The van der Waals surface area contributed by atoms with Crippen molar-refractivity contribution in [2.75, 3.05) is 36.5 Å². The number of imidazole rings is 1. The monoisotopic (exact) mass is 468 g/mol. The van der Waals surface area contributed by atoms with Gasteiger partial charge >= 0.3 is 6.18 Å². The molecule has 1 aliphatic rings. The van der Waals surface area contributed by atoms with E-state index in [1.807, 2.05) is 4.90 Å². The van der Waals surface area contributed by atoms with Crippen LogP contribution in [0.1, 0.15) is 15.9 Å². The zero-order valence-electron chi connectivity index (χ0n) is 17.8. The molecule has 1 saturated heterocycles. The van der Waals surface area contributed by atoms with Crippen molar-refractivity contribution in [3.63, 3.8) is 0 Å². The number of amides is 1. The van der Waals surface area contributed by atoms with Crippen LogP contribution in [0.25, 0.3) is 16.9 Å². The molecular formula is C23H19F3N6O2. The highest BCUT2D eigenvalue weighted by atomic mass is 19.4. The SMILES string of the molecule is O=C(Nc1cccnc1)c1cc(N2CCOCC2)nn2cc(-c3ccccc3C(F)(F)F)nc12. The van der Waals surface area contributed by atoms with E-state index >= 15 is 0 Å². The number of hydrogen-bond acceptors (Lipinski definition) is 6. The Morgan fingerprint density at radius 2 is 1.88 bits per heavy atom. The third kappa shape index (κ3) is 4.29. The molecule has 4 heterocycles. The highest BCUT2D eigenvalue weighted by molar-refractivity contribution is 6.08. The fourth-order valence-electron chi connectivity index (χ4n) is 3.80. The van der Waals surface area contributed by atoms with Gasteiger partial charge in [-0.15, -0.1) is 5.10 Å². The summed E-state index contributed by atoms with van der Waals surface area (Å²) in [5, 5.41) is 7.30. The van der Waals surface area contributed by atoms with Gasteiger partial charge in [-0.25, -0.2) is 9.50 Å². The van der Waals surface area contributed by atoms with Gasteiger partial charge < -0.3 is 15.0 Å². The number of ether oxygens (including phenoxy) is 1. The Bertz CT molecular complexity index is 1330. The molecule has 34 heavy (non-hydrogen) atoms. The molecule has 0 aliphatic carbocycles. The highest BCUT2D eigenvalue weighted by Crippen LogP contribution is 2.37. The molecule has 0 unspecified atom stereocenters. The van der Waals surface area contributed by atoms with Gasteiger partial charge in [0.2, 0.25) is 0 Å². The number of hydrogen-bond donors (Lipinski definition) is 1. The topological polar surface area (TPSA) is 84.7 Å². The van der Waals surface area contributed by atoms with Crippen LogP contribution < -0.4 is 10.2 Å². The first-order valence-electron chi connectivity index (χ1n) is 10.5. The number of aromatic nitrogens is 4. The summed E-state index contributed by atoms with van der Waals surface area (Å²) in [7, 11) is 0. The normalized spacial score (nSPS) is 14.4. The minimum Gasteiger partial charge on any atom is -0.378 e. The number of carbonyl (C=O) groups excluding carboxylic acids is 1. The number of anilines is 2. The number of alkyl halides is 3. The van der Waals surface area contributed by atoms with Crippen molar-refractivity contribution in [3.05, 3.63) is 72.2 Å². The molecule has 174 valence electrons. The largest absolute Gasteiger partial charge is 0.417 e. The van der Waals surface area contributed by atoms with Crippen LogP contribution in [-0.2, 0) is 10.9 Å². The third-order valence-corrected chi connectivity index (χ3v) is 5.42. The van der Waals surface area contributed by atoms with Gasteiger partial charge in [0.05, 0.1) is 48.1 Å². The summed E-state index contributed by atoms with van der Waals surface area (Å²) in [5.74, 6) is 0.0244. The van der Waals surface area contributed by atoms with E-state index in [0.717, 1.165) is 6.07 Å². The minimum atomic E-state index is -4.56. The molecule has 0 radical (unpaired) electrons. The zero-order chi connectivity index (χ0) is 23.7. The van der Waals surface area contributed by atoms with E-state index in [1.54, 1.807) is 24.4 Å². The van der Waals surface area contributed by atoms with Crippen molar-refractivity contribution in [3.8, 4) is 11.3 Å². The van der Waals surface area contributed by atoms with Crippen molar-refractivity contribution in [1.29, 1.82) is 0 Å². The molecule has 8 nitrogen and oxygen atoms in total.